The van der Waals surface area contributed by atoms with Gasteiger partial charge in [-0.25, -0.2) is 8.78 Å². The van der Waals surface area contributed by atoms with Gasteiger partial charge >= 0.3 is 0 Å². The fraction of sp³-hybridized carbons (Fsp3) is 0.154. The summed E-state index contributed by atoms with van der Waals surface area (Å²) in [7, 11) is 0. The molecule has 0 spiro atoms. The highest BCUT2D eigenvalue weighted by atomic mass is 79.9. The van der Waals surface area contributed by atoms with Gasteiger partial charge < -0.3 is 5.32 Å². The Balaban J connectivity index is 2.16. The molecule has 18 heavy (non-hydrogen) atoms. The molecule has 0 amide bonds. The Bertz CT molecular complexity index is 550. The van der Waals surface area contributed by atoms with Crippen LogP contribution in [0.25, 0.3) is 0 Å². The number of nitrogens with one attached hydrogen (secondary N) is 1. The van der Waals surface area contributed by atoms with E-state index in [2.05, 4.69) is 26.2 Å². The van der Waals surface area contributed by atoms with Gasteiger partial charge in [-0.15, -0.1) is 0 Å². The number of nitrogens with zero attached hydrogens (tertiary/aromatic N) is 1. The molecule has 2 nitrogen and oxygen atoms in total. The van der Waals surface area contributed by atoms with E-state index in [1.165, 1.54) is 6.07 Å². The van der Waals surface area contributed by atoms with Crippen LogP contribution < -0.4 is 5.32 Å². The van der Waals surface area contributed by atoms with Crippen molar-refractivity contribution in [3.63, 3.8) is 0 Å². The van der Waals surface area contributed by atoms with E-state index in [0.717, 1.165) is 17.5 Å². The average molecular weight is 313 g/mol. The fourth-order valence-corrected chi connectivity index (χ4v) is 2.14. The zero-order chi connectivity index (χ0) is 13.1. The molecule has 2 aromatic rings. The Kier molecular flexibility index (Phi) is 3.91. The lowest BCUT2D eigenvalue weighted by molar-refractivity contribution is 0.583. The number of aryl methyl sites for hydroxylation is 1. The maximum absolute atomic E-state index is 13.5. The molecular formula is C13H11BrF2N2. The Hall–Kier alpha value is -1.49. The number of halogens is 3. The number of hydrogen-bond acceptors (Lipinski definition) is 2. The Morgan fingerprint density at radius 1 is 1.28 bits per heavy atom. The average Bonchev–Trinajstić information content (AvgIpc) is 2.27. The molecule has 0 radical (unpaired) electrons. The smallest absolute Gasteiger partial charge is 0.150 e. The maximum atomic E-state index is 13.5. The van der Waals surface area contributed by atoms with Gasteiger partial charge in [-0.3, -0.25) is 4.98 Å². The van der Waals surface area contributed by atoms with Gasteiger partial charge in [0.25, 0.3) is 0 Å². The van der Waals surface area contributed by atoms with Gasteiger partial charge in [0.05, 0.1) is 17.9 Å². The van der Waals surface area contributed by atoms with Crippen LogP contribution in [0.4, 0.5) is 14.5 Å². The summed E-state index contributed by atoms with van der Waals surface area (Å²) in [6.45, 7) is 2.26. The molecule has 1 aromatic heterocycles. The van der Waals surface area contributed by atoms with E-state index in [0.29, 0.717) is 11.0 Å². The molecule has 94 valence electrons. The summed E-state index contributed by atoms with van der Waals surface area (Å²) in [5.41, 5.74) is 1.93. The van der Waals surface area contributed by atoms with Gasteiger partial charge in [-0.05, 0) is 41.1 Å². The molecule has 0 unspecified atom stereocenters. The number of benzene rings is 1. The van der Waals surface area contributed by atoms with Crippen LogP contribution in [0.3, 0.4) is 0 Å². The van der Waals surface area contributed by atoms with Gasteiger partial charge in [-0.1, -0.05) is 6.07 Å². The quantitative estimate of drug-likeness (QED) is 0.925. The van der Waals surface area contributed by atoms with Crippen LogP contribution in [0, 0.1) is 18.6 Å². The lowest BCUT2D eigenvalue weighted by atomic mass is 10.2. The van der Waals surface area contributed by atoms with Crippen LogP contribution in [-0.2, 0) is 6.54 Å². The van der Waals surface area contributed by atoms with Gasteiger partial charge in [-0.2, -0.15) is 0 Å². The molecule has 5 heteroatoms. The molecule has 0 saturated heterocycles. The number of anilines is 1. The van der Waals surface area contributed by atoms with E-state index >= 15 is 0 Å². The molecule has 0 aliphatic rings. The first kappa shape index (κ1) is 13.0. The summed E-state index contributed by atoms with van der Waals surface area (Å²) in [6.07, 6.45) is 0. The standard InChI is InChI=1S/C13H11BrF2N2/c1-8-3-2-4-10(18-8)7-17-13-11(14)5-9(15)6-12(13)16/h2-6,17H,7H2,1H3. The number of aromatic nitrogens is 1. The topological polar surface area (TPSA) is 24.9 Å². The van der Waals surface area contributed by atoms with Crippen LogP contribution in [-0.4, -0.2) is 4.98 Å². The van der Waals surface area contributed by atoms with Crippen LogP contribution in [0.1, 0.15) is 11.4 Å². The third-order valence-electron chi connectivity index (χ3n) is 2.40. The molecule has 0 fully saturated rings. The second-order valence-corrected chi connectivity index (χ2v) is 4.72. The van der Waals surface area contributed by atoms with E-state index in [9.17, 15) is 8.78 Å². The molecule has 2 rings (SSSR count). The van der Waals surface area contributed by atoms with Crippen molar-refractivity contribution in [1.82, 2.24) is 4.98 Å². The predicted molar refractivity (Wildman–Crippen MR) is 70.4 cm³/mol. The van der Waals surface area contributed by atoms with Crippen molar-refractivity contribution < 1.29 is 8.78 Å². The predicted octanol–water partition coefficient (Wildman–Crippen LogP) is 4.04. The third-order valence-corrected chi connectivity index (χ3v) is 3.02. The second-order valence-electron chi connectivity index (χ2n) is 3.87. The Morgan fingerprint density at radius 3 is 2.72 bits per heavy atom. The van der Waals surface area contributed by atoms with Crippen LogP contribution in [0.5, 0.6) is 0 Å². The second kappa shape index (κ2) is 5.44. The Morgan fingerprint density at radius 2 is 2.06 bits per heavy atom. The maximum Gasteiger partial charge on any atom is 0.150 e. The largest absolute Gasteiger partial charge is 0.376 e. The normalized spacial score (nSPS) is 10.4. The molecule has 1 aromatic carbocycles. The minimum Gasteiger partial charge on any atom is -0.376 e. The molecule has 0 atom stereocenters. The highest BCUT2D eigenvalue weighted by molar-refractivity contribution is 9.10. The molecular weight excluding hydrogens is 302 g/mol. The van der Waals surface area contributed by atoms with E-state index < -0.39 is 11.6 Å². The zero-order valence-corrected chi connectivity index (χ0v) is 11.3. The number of pyridine rings is 1. The van der Waals surface area contributed by atoms with E-state index in [1.54, 1.807) is 0 Å². The van der Waals surface area contributed by atoms with Gasteiger partial charge in [0.1, 0.15) is 11.6 Å². The van der Waals surface area contributed by atoms with Gasteiger partial charge in [0.15, 0.2) is 0 Å². The minimum atomic E-state index is -0.630. The van der Waals surface area contributed by atoms with Gasteiger partial charge in [0.2, 0.25) is 0 Å². The lowest BCUT2D eigenvalue weighted by Gasteiger charge is -2.09. The van der Waals surface area contributed by atoms with Crippen molar-refractivity contribution in [2.24, 2.45) is 0 Å². The summed E-state index contributed by atoms with van der Waals surface area (Å²) in [6, 6.07) is 7.68. The highest BCUT2D eigenvalue weighted by Crippen LogP contribution is 2.27. The summed E-state index contributed by atoms with van der Waals surface area (Å²) >= 11 is 3.12. The minimum absolute atomic E-state index is 0.236. The molecule has 0 saturated carbocycles. The first-order chi connectivity index (χ1) is 8.56. The van der Waals surface area contributed by atoms with E-state index in [1.807, 2.05) is 25.1 Å². The van der Waals surface area contributed by atoms with E-state index in [4.69, 9.17) is 0 Å². The molecule has 1 heterocycles. The van der Waals surface area contributed by atoms with Crippen molar-refractivity contribution in [3.8, 4) is 0 Å². The van der Waals surface area contributed by atoms with Crippen molar-refractivity contribution in [2.75, 3.05) is 5.32 Å². The first-order valence-electron chi connectivity index (χ1n) is 5.37. The van der Waals surface area contributed by atoms with E-state index in [-0.39, 0.29) is 5.69 Å². The van der Waals surface area contributed by atoms with Crippen molar-refractivity contribution in [1.29, 1.82) is 0 Å². The molecule has 0 aliphatic heterocycles. The summed E-state index contributed by atoms with van der Waals surface area (Å²) in [5, 5.41) is 2.90. The fourth-order valence-electron chi connectivity index (χ4n) is 1.59. The molecule has 1 N–H and O–H groups in total. The highest BCUT2D eigenvalue weighted by Gasteiger charge is 2.09. The number of hydrogen-bond donors (Lipinski definition) is 1. The van der Waals surface area contributed by atoms with Crippen LogP contribution in [0.15, 0.2) is 34.8 Å². The monoisotopic (exact) mass is 312 g/mol. The van der Waals surface area contributed by atoms with Crippen LogP contribution in [0.2, 0.25) is 0 Å². The molecule has 0 aliphatic carbocycles. The van der Waals surface area contributed by atoms with Crippen molar-refractivity contribution >= 4 is 21.6 Å². The zero-order valence-electron chi connectivity index (χ0n) is 9.67. The number of rotatable bonds is 3. The summed E-state index contributed by atoms with van der Waals surface area (Å²) < 4.78 is 26.8. The van der Waals surface area contributed by atoms with Crippen molar-refractivity contribution in [2.45, 2.75) is 13.5 Å². The Labute approximate surface area is 112 Å². The first-order valence-corrected chi connectivity index (χ1v) is 6.16. The summed E-state index contributed by atoms with van der Waals surface area (Å²) in [5.74, 6) is -1.24. The third kappa shape index (κ3) is 3.04. The van der Waals surface area contributed by atoms with Gasteiger partial charge in [0, 0.05) is 16.2 Å². The SMILES string of the molecule is Cc1cccc(CNc2c(F)cc(F)cc2Br)n1. The van der Waals surface area contributed by atoms with Crippen molar-refractivity contribution in [3.05, 3.63) is 57.8 Å². The summed E-state index contributed by atoms with van der Waals surface area (Å²) in [4.78, 5) is 4.29. The lowest BCUT2D eigenvalue weighted by Crippen LogP contribution is -2.05. The molecule has 0 bridgehead atoms. The van der Waals surface area contributed by atoms with Crippen LogP contribution >= 0.6 is 15.9 Å².